The molecule has 2 aliphatic rings. The summed E-state index contributed by atoms with van der Waals surface area (Å²) in [6.07, 6.45) is 1.23. The fraction of sp³-hybridized carbons (Fsp3) is 0.562. The molecule has 2 fully saturated rings. The molecule has 3 rings (SSSR count). The van der Waals surface area contributed by atoms with Gasteiger partial charge in [0.05, 0.1) is 17.3 Å². The maximum atomic E-state index is 12.2. The Balaban J connectivity index is 0.00000208. The molecule has 1 aromatic carbocycles. The topological polar surface area (TPSA) is 47.6 Å². The van der Waals surface area contributed by atoms with Crippen LogP contribution >= 0.6 is 35.6 Å². The standard InChI is InChI=1S/C16H22Cl2N4O.ClH/c17-12-1-2-14(18)15(9-12)20-16(23)11-21-5-7-22(8-6-21)13-3-4-19-10-13;/h1-2,9,13,19H,3-8,10-11H2,(H,20,23);1H. The van der Waals surface area contributed by atoms with Crippen LogP contribution in [0.3, 0.4) is 0 Å². The number of carbonyl (C=O) groups excluding carboxylic acids is 1. The summed E-state index contributed by atoms with van der Waals surface area (Å²) in [6, 6.07) is 5.73. The Morgan fingerprint density at radius 3 is 2.67 bits per heavy atom. The number of hydrogen-bond acceptors (Lipinski definition) is 4. The van der Waals surface area contributed by atoms with Crippen molar-refractivity contribution in [3.05, 3.63) is 28.2 Å². The van der Waals surface area contributed by atoms with Gasteiger partial charge in [-0.2, -0.15) is 0 Å². The van der Waals surface area contributed by atoms with Gasteiger partial charge in [-0.3, -0.25) is 14.6 Å². The summed E-state index contributed by atoms with van der Waals surface area (Å²) in [5.74, 6) is -0.0508. The molecule has 1 atom stereocenters. The van der Waals surface area contributed by atoms with Crippen LogP contribution in [0.2, 0.25) is 10.0 Å². The van der Waals surface area contributed by atoms with Crippen LogP contribution in [0.5, 0.6) is 0 Å². The molecule has 1 amide bonds. The van der Waals surface area contributed by atoms with Gasteiger partial charge in [-0.15, -0.1) is 12.4 Å². The van der Waals surface area contributed by atoms with Crippen molar-refractivity contribution in [1.82, 2.24) is 15.1 Å². The summed E-state index contributed by atoms with van der Waals surface area (Å²) in [4.78, 5) is 16.9. The molecular formula is C16H23Cl3N4O. The minimum absolute atomic E-state index is 0. The van der Waals surface area contributed by atoms with E-state index < -0.39 is 0 Å². The van der Waals surface area contributed by atoms with Crippen molar-refractivity contribution >= 4 is 47.2 Å². The van der Waals surface area contributed by atoms with Crippen molar-refractivity contribution < 1.29 is 4.79 Å². The van der Waals surface area contributed by atoms with E-state index in [1.54, 1.807) is 18.2 Å². The monoisotopic (exact) mass is 392 g/mol. The number of piperazine rings is 1. The SMILES string of the molecule is Cl.O=C(CN1CCN(C2CCNC2)CC1)Nc1cc(Cl)ccc1Cl. The number of nitrogens with one attached hydrogen (secondary N) is 2. The Labute approximate surface area is 159 Å². The summed E-state index contributed by atoms with van der Waals surface area (Å²) in [7, 11) is 0. The van der Waals surface area contributed by atoms with Crippen LogP contribution in [-0.2, 0) is 4.79 Å². The van der Waals surface area contributed by atoms with Crippen LogP contribution in [-0.4, -0.2) is 67.6 Å². The van der Waals surface area contributed by atoms with E-state index in [1.165, 1.54) is 6.42 Å². The quantitative estimate of drug-likeness (QED) is 0.824. The second-order valence-electron chi connectivity index (χ2n) is 6.13. The zero-order chi connectivity index (χ0) is 16.2. The van der Waals surface area contributed by atoms with E-state index in [0.717, 1.165) is 39.3 Å². The van der Waals surface area contributed by atoms with Gasteiger partial charge in [-0.25, -0.2) is 0 Å². The smallest absolute Gasteiger partial charge is 0.238 e. The summed E-state index contributed by atoms with van der Waals surface area (Å²) >= 11 is 12.0. The highest BCUT2D eigenvalue weighted by Gasteiger charge is 2.26. The molecule has 0 radical (unpaired) electrons. The molecule has 0 bridgehead atoms. The predicted molar refractivity (Wildman–Crippen MR) is 102 cm³/mol. The first-order valence-electron chi connectivity index (χ1n) is 8.04. The lowest BCUT2D eigenvalue weighted by atomic mass is 10.2. The molecular weight excluding hydrogens is 371 g/mol. The summed E-state index contributed by atoms with van der Waals surface area (Å²) < 4.78 is 0. The van der Waals surface area contributed by atoms with Crippen molar-refractivity contribution in [3.8, 4) is 0 Å². The van der Waals surface area contributed by atoms with Gasteiger partial charge in [0.1, 0.15) is 0 Å². The van der Waals surface area contributed by atoms with Crippen molar-refractivity contribution in [2.45, 2.75) is 12.5 Å². The third kappa shape index (κ3) is 5.22. The van der Waals surface area contributed by atoms with Gasteiger partial charge in [0, 0.05) is 43.8 Å². The van der Waals surface area contributed by atoms with Crippen molar-refractivity contribution in [2.24, 2.45) is 0 Å². The van der Waals surface area contributed by atoms with Gasteiger partial charge in [-0.05, 0) is 31.2 Å². The van der Waals surface area contributed by atoms with Crippen LogP contribution in [0.15, 0.2) is 18.2 Å². The molecule has 2 heterocycles. The summed E-state index contributed by atoms with van der Waals surface area (Å²) in [6.45, 7) is 6.50. The largest absolute Gasteiger partial charge is 0.324 e. The molecule has 0 aromatic heterocycles. The minimum atomic E-state index is -0.0508. The summed E-state index contributed by atoms with van der Waals surface area (Å²) in [5.41, 5.74) is 0.569. The van der Waals surface area contributed by atoms with Crippen LogP contribution in [0, 0.1) is 0 Å². The Bertz CT molecular complexity index is 558. The maximum Gasteiger partial charge on any atom is 0.238 e. The van der Waals surface area contributed by atoms with Gasteiger partial charge < -0.3 is 10.6 Å². The van der Waals surface area contributed by atoms with Gasteiger partial charge >= 0.3 is 0 Å². The molecule has 0 aliphatic carbocycles. The van der Waals surface area contributed by atoms with Crippen molar-refractivity contribution in [3.63, 3.8) is 0 Å². The van der Waals surface area contributed by atoms with Crippen LogP contribution in [0.1, 0.15) is 6.42 Å². The molecule has 2 aliphatic heterocycles. The number of benzene rings is 1. The molecule has 2 saturated heterocycles. The Kier molecular flexibility index (Phi) is 7.60. The number of hydrogen-bond donors (Lipinski definition) is 2. The highest BCUT2D eigenvalue weighted by molar-refractivity contribution is 6.35. The number of halogens is 3. The predicted octanol–water partition coefficient (Wildman–Crippen LogP) is 2.33. The fourth-order valence-electron chi connectivity index (χ4n) is 3.22. The lowest BCUT2D eigenvalue weighted by molar-refractivity contribution is -0.117. The van der Waals surface area contributed by atoms with E-state index in [2.05, 4.69) is 20.4 Å². The molecule has 0 saturated carbocycles. The Morgan fingerprint density at radius 2 is 2.00 bits per heavy atom. The van der Waals surface area contributed by atoms with Crippen LogP contribution in [0.25, 0.3) is 0 Å². The first kappa shape index (κ1) is 19.8. The highest BCUT2D eigenvalue weighted by Crippen LogP contribution is 2.25. The van der Waals surface area contributed by atoms with E-state index in [0.29, 0.717) is 28.3 Å². The van der Waals surface area contributed by atoms with Gasteiger partial charge in [0.25, 0.3) is 0 Å². The molecule has 5 nitrogen and oxygen atoms in total. The number of nitrogens with zero attached hydrogens (tertiary/aromatic N) is 2. The molecule has 1 aromatic rings. The number of amides is 1. The first-order valence-corrected chi connectivity index (χ1v) is 8.79. The maximum absolute atomic E-state index is 12.2. The third-order valence-electron chi connectivity index (χ3n) is 4.53. The molecule has 8 heteroatoms. The third-order valence-corrected chi connectivity index (χ3v) is 5.09. The molecule has 0 spiro atoms. The van der Waals surface area contributed by atoms with Gasteiger partial charge in [0.15, 0.2) is 0 Å². The van der Waals surface area contributed by atoms with E-state index in [1.807, 2.05) is 0 Å². The van der Waals surface area contributed by atoms with E-state index >= 15 is 0 Å². The van der Waals surface area contributed by atoms with Crippen molar-refractivity contribution in [1.29, 1.82) is 0 Å². The van der Waals surface area contributed by atoms with Crippen LogP contribution in [0.4, 0.5) is 5.69 Å². The van der Waals surface area contributed by atoms with E-state index in [-0.39, 0.29) is 18.3 Å². The minimum Gasteiger partial charge on any atom is -0.324 e. The molecule has 1 unspecified atom stereocenters. The average molecular weight is 394 g/mol. The lowest BCUT2D eigenvalue weighted by Crippen LogP contribution is -2.52. The molecule has 2 N–H and O–H groups in total. The van der Waals surface area contributed by atoms with Crippen molar-refractivity contribution in [2.75, 3.05) is 51.1 Å². The normalized spacial score (nSPS) is 22.2. The number of rotatable bonds is 4. The van der Waals surface area contributed by atoms with Crippen LogP contribution < -0.4 is 10.6 Å². The number of anilines is 1. The van der Waals surface area contributed by atoms with E-state index in [9.17, 15) is 4.79 Å². The van der Waals surface area contributed by atoms with Gasteiger partial charge in [0.2, 0.25) is 5.91 Å². The lowest BCUT2D eigenvalue weighted by Gasteiger charge is -2.37. The first-order chi connectivity index (χ1) is 11.1. The zero-order valence-corrected chi connectivity index (χ0v) is 15.8. The average Bonchev–Trinajstić information content (AvgIpc) is 3.06. The van der Waals surface area contributed by atoms with E-state index in [4.69, 9.17) is 23.2 Å². The molecule has 24 heavy (non-hydrogen) atoms. The molecule has 134 valence electrons. The zero-order valence-electron chi connectivity index (χ0n) is 13.4. The highest BCUT2D eigenvalue weighted by atomic mass is 35.5. The number of carbonyl (C=O) groups is 1. The fourth-order valence-corrected chi connectivity index (χ4v) is 3.56. The van der Waals surface area contributed by atoms with Gasteiger partial charge in [-0.1, -0.05) is 23.2 Å². The summed E-state index contributed by atoms with van der Waals surface area (Å²) in [5, 5.41) is 7.31. The second-order valence-corrected chi connectivity index (χ2v) is 6.97. The second kappa shape index (κ2) is 9.22. The Morgan fingerprint density at radius 1 is 1.25 bits per heavy atom. The Hall–Kier alpha value is -0.560.